The van der Waals surface area contributed by atoms with Crippen molar-refractivity contribution in [2.45, 2.75) is 19.3 Å². The number of benzene rings is 1. The number of anilines is 1. The summed E-state index contributed by atoms with van der Waals surface area (Å²) in [6.07, 6.45) is 3.54. The van der Waals surface area contributed by atoms with Crippen LogP contribution in [0.4, 0.5) is 5.69 Å². The fourth-order valence-corrected chi connectivity index (χ4v) is 2.76. The molecule has 3 rings (SSSR count). The summed E-state index contributed by atoms with van der Waals surface area (Å²) in [5, 5.41) is 2.91. The van der Waals surface area contributed by atoms with E-state index in [1.54, 1.807) is 12.1 Å². The van der Waals surface area contributed by atoms with E-state index in [9.17, 15) is 4.79 Å². The number of ether oxygens (including phenoxy) is 2. The number of nitrogen functional groups attached to an aromatic ring is 1. The van der Waals surface area contributed by atoms with Crippen LogP contribution in [0, 0.1) is 0 Å². The van der Waals surface area contributed by atoms with E-state index in [1.807, 2.05) is 0 Å². The maximum atomic E-state index is 12.2. The Labute approximate surface area is 124 Å². The van der Waals surface area contributed by atoms with Gasteiger partial charge < -0.3 is 25.4 Å². The van der Waals surface area contributed by atoms with E-state index in [0.717, 1.165) is 13.0 Å². The van der Waals surface area contributed by atoms with Gasteiger partial charge in [0, 0.05) is 18.3 Å². The summed E-state index contributed by atoms with van der Waals surface area (Å²) in [4.78, 5) is 14.6. The van der Waals surface area contributed by atoms with E-state index in [1.165, 1.54) is 25.9 Å². The SMILES string of the molecule is Nc1cc2c(cc1C(=O)NCCCN1CCCC1)OCO2. The monoisotopic (exact) mass is 291 g/mol. The molecule has 1 saturated heterocycles. The summed E-state index contributed by atoms with van der Waals surface area (Å²) >= 11 is 0. The standard InChI is InChI=1S/C15H21N3O3/c16-12-9-14-13(20-10-21-14)8-11(12)15(19)17-4-3-7-18-5-1-2-6-18/h8-9H,1-7,10,16H2,(H,17,19). The summed E-state index contributed by atoms with van der Waals surface area (Å²) in [6.45, 7) is 4.24. The normalized spacial score (nSPS) is 17.1. The van der Waals surface area contributed by atoms with Crippen molar-refractivity contribution < 1.29 is 14.3 Å². The molecule has 0 bridgehead atoms. The maximum absolute atomic E-state index is 12.2. The molecule has 0 aliphatic carbocycles. The lowest BCUT2D eigenvalue weighted by molar-refractivity contribution is 0.0952. The van der Waals surface area contributed by atoms with Gasteiger partial charge in [-0.05, 0) is 45.0 Å². The first-order chi connectivity index (χ1) is 10.2. The maximum Gasteiger partial charge on any atom is 0.253 e. The Bertz CT molecular complexity index is 527. The molecule has 6 nitrogen and oxygen atoms in total. The highest BCUT2D eigenvalue weighted by atomic mass is 16.7. The zero-order chi connectivity index (χ0) is 14.7. The van der Waals surface area contributed by atoms with Crippen molar-refractivity contribution in [2.75, 3.05) is 38.7 Å². The molecule has 2 heterocycles. The molecule has 114 valence electrons. The first-order valence-electron chi connectivity index (χ1n) is 7.44. The lowest BCUT2D eigenvalue weighted by atomic mass is 10.1. The summed E-state index contributed by atoms with van der Waals surface area (Å²) in [5.74, 6) is 1.01. The van der Waals surface area contributed by atoms with Crippen LogP contribution in [0.5, 0.6) is 11.5 Å². The Kier molecular flexibility index (Phi) is 4.15. The van der Waals surface area contributed by atoms with Gasteiger partial charge in [-0.3, -0.25) is 4.79 Å². The van der Waals surface area contributed by atoms with Gasteiger partial charge >= 0.3 is 0 Å². The Morgan fingerprint density at radius 2 is 1.95 bits per heavy atom. The van der Waals surface area contributed by atoms with Gasteiger partial charge in [-0.25, -0.2) is 0 Å². The average molecular weight is 291 g/mol. The molecule has 1 amide bonds. The third-order valence-corrected chi connectivity index (χ3v) is 3.92. The molecule has 21 heavy (non-hydrogen) atoms. The molecule has 1 fully saturated rings. The Balaban J connectivity index is 1.51. The van der Waals surface area contributed by atoms with Gasteiger partial charge in [-0.1, -0.05) is 0 Å². The largest absolute Gasteiger partial charge is 0.454 e. The number of nitrogens with zero attached hydrogens (tertiary/aromatic N) is 1. The van der Waals surface area contributed by atoms with Gasteiger partial charge in [-0.15, -0.1) is 0 Å². The van der Waals surface area contributed by atoms with Gasteiger partial charge in [-0.2, -0.15) is 0 Å². The number of carbonyl (C=O) groups is 1. The lowest BCUT2D eigenvalue weighted by Crippen LogP contribution is -2.29. The lowest BCUT2D eigenvalue weighted by Gasteiger charge is -2.14. The van der Waals surface area contributed by atoms with Gasteiger partial charge in [0.2, 0.25) is 6.79 Å². The first kappa shape index (κ1) is 14.0. The molecule has 1 aromatic rings. The molecule has 3 N–H and O–H groups in total. The molecule has 0 radical (unpaired) electrons. The quantitative estimate of drug-likeness (QED) is 0.630. The van der Waals surface area contributed by atoms with Crippen molar-refractivity contribution in [3.8, 4) is 11.5 Å². The molecule has 0 saturated carbocycles. The number of fused-ring (bicyclic) bond motifs is 1. The number of likely N-dealkylation sites (tertiary alicyclic amines) is 1. The smallest absolute Gasteiger partial charge is 0.253 e. The van der Waals surface area contributed by atoms with E-state index < -0.39 is 0 Å². The van der Waals surface area contributed by atoms with Crippen LogP contribution in [0.3, 0.4) is 0 Å². The number of hydrogen-bond acceptors (Lipinski definition) is 5. The van der Waals surface area contributed by atoms with E-state index in [4.69, 9.17) is 15.2 Å². The highest BCUT2D eigenvalue weighted by molar-refractivity contribution is 6.00. The number of amides is 1. The number of carbonyl (C=O) groups excluding carboxylic acids is 1. The highest BCUT2D eigenvalue weighted by Gasteiger charge is 2.19. The summed E-state index contributed by atoms with van der Waals surface area (Å²) in [7, 11) is 0. The van der Waals surface area contributed by atoms with Crippen molar-refractivity contribution in [1.82, 2.24) is 10.2 Å². The molecular formula is C15H21N3O3. The summed E-state index contributed by atoms with van der Waals surface area (Å²) < 4.78 is 10.5. The van der Waals surface area contributed by atoms with Gasteiger partial charge in [0.15, 0.2) is 11.5 Å². The third kappa shape index (κ3) is 3.21. The van der Waals surface area contributed by atoms with Gasteiger partial charge in [0.05, 0.1) is 5.56 Å². The molecule has 0 aromatic heterocycles. The number of hydrogen-bond donors (Lipinski definition) is 2. The summed E-state index contributed by atoms with van der Waals surface area (Å²) in [5.41, 5.74) is 6.75. The van der Waals surface area contributed by atoms with Crippen LogP contribution in [0.2, 0.25) is 0 Å². The van der Waals surface area contributed by atoms with E-state index in [2.05, 4.69) is 10.2 Å². The molecular weight excluding hydrogens is 270 g/mol. The minimum atomic E-state index is -0.160. The van der Waals surface area contributed by atoms with Crippen LogP contribution in [-0.2, 0) is 0 Å². The van der Waals surface area contributed by atoms with Crippen LogP contribution in [-0.4, -0.2) is 43.8 Å². The first-order valence-corrected chi connectivity index (χ1v) is 7.44. The van der Waals surface area contributed by atoms with Gasteiger partial charge in [0.25, 0.3) is 5.91 Å². The fraction of sp³-hybridized carbons (Fsp3) is 0.533. The second kappa shape index (κ2) is 6.22. The average Bonchev–Trinajstić information content (AvgIpc) is 3.13. The van der Waals surface area contributed by atoms with Crippen LogP contribution in [0.15, 0.2) is 12.1 Å². The highest BCUT2D eigenvalue weighted by Crippen LogP contribution is 2.35. The molecule has 0 atom stereocenters. The Morgan fingerprint density at radius 3 is 2.71 bits per heavy atom. The third-order valence-electron chi connectivity index (χ3n) is 3.92. The predicted octanol–water partition coefficient (Wildman–Crippen LogP) is 1.21. The number of nitrogens with one attached hydrogen (secondary N) is 1. The number of rotatable bonds is 5. The molecule has 0 unspecified atom stereocenters. The fourth-order valence-electron chi connectivity index (χ4n) is 2.76. The van der Waals surface area contributed by atoms with Crippen molar-refractivity contribution in [2.24, 2.45) is 0 Å². The van der Waals surface area contributed by atoms with Crippen LogP contribution >= 0.6 is 0 Å². The van der Waals surface area contributed by atoms with Crippen molar-refractivity contribution in [3.63, 3.8) is 0 Å². The van der Waals surface area contributed by atoms with Gasteiger partial charge in [0.1, 0.15) is 0 Å². The number of nitrogens with two attached hydrogens (primary N) is 1. The van der Waals surface area contributed by atoms with Crippen molar-refractivity contribution >= 4 is 11.6 Å². The second-order valence-corrected chi connectivity index (χ2v) is 5.45. The zero-order valence-corrected chi connectivity index (χ0v) is 12.1. The van der Waals surface area contributed by atoms with Crippen molar-refractivity contribution in [1.29, 1.82) is 0 Å². The Hall–Kier alpha value is -1.95. The minimum absolute atomic E-state index is 0.160. The molecule has 2 aliphatic heterocycles. The van der Waals surface area contributed by atoms with Crippen LogP contribution in [0.1, 0.15) is 29.6 Å². The molecule has 6 heteroatoms. The van der Waals surface area contributed by atoms with E-state index in [0.29, 0.717) is 29.3 Å². The van der Waals surface area contributed by atoms with Crippen molar-refractivity contribution in [3.05, 3.63) is 17.7 Å². The van der Waals surface area contributed by atoms with Crippen LogP contribution < -0.4 is 20.5 Å². The summed E-state index contributed by atoms with van der Waals surface area (Å²) in [6, 6.07) is 3.29. The molecule has 1 aromatic carbocycles. The topological polar surface area (TPSA) is 76.8 Å². The van der Waals surface area contributed by atoms with E-state index in [-0.39, 0.29) is 12.7 Å². The Morgan fingerprint density at radius 1 is 1.24 bits per heavy atom. The molecule has 2 aliphatic rings. The second-order valence-electron chi connectivity index (χ2n) is 5.45. The predicted molar refractivity (Wildman–Crippen MR) is 79.6 cm³/mol. The zero-order valence-electron chi connectivity index (χ0n) is 12.1. The molecule has 0 spiro atoms. The minimum Gasteiger partial charge on any atom is -0.454 e. The van der Waals surface area contributed by atoms with E-state index >= 15 is 0 Å². The van der Waals surface area contributed by atoms with Crippen LogP contribution in [0.25, 0.3) is 0 Å².